The molecule has 1 aromatic rings. The summed E-state index contributed by atoms with van der Waals surface area (Å²) in [5.41, 5.74) is 0. The molecule has 2 nitrogen and oxygen atoms in total. The summed E-state index contributed by atoms with van der Waals surface area (Å²) < 4.78 is 20.1. The van der Waals surface area contributed by atoms with Crippen molar-refractivity contribution < 1.29 is 9.09 Å². The molecule has 4 atom stereocenters. The second-order valence-electron chi connectivity index (χ2n) is 6.60. The van der Waals surface area contributed by atoms with Gasteiger partial charge in [-0.25, -0.2) is 0 Å². The molecule has 1 aliphatic rings. The van der Waals surface area contributed by atoms with E-state index in [1.807, 2.05) is 30.3 Å². The standard InChI is InChI=1S/C17H26IO2P/c1-13(2)16-10-9-14(3)11-17(16)20-21(19,12-18)15-7-5-4-6-8-15/h4-8,13-14,16-17H,9-12H2,1-3H3/t14-,16+,17-,21-/m1/s1. The highest BCUT2D eigenvalue weighted by Crippen LogP contribution is 2.52. The molecule has 0 heterocycles. The van der Waals surface area contributed by atoms with E-state index in [4.69, 9.17) is 4.52 Å². The number of benzene rings is 1. The smallest absolute Gasteiger partial charge is 0.241 e. The summed E-state index contributed by atoms with van der Waals surface area (Å²) in [5, 5.41) is 0.861. The number of halogens is 1. The second kappa shape index (κ2) is 7.61. The average molecular weight is 420 g/mol. The van der Waals surface area contributed by atoms with E-state index in [9.17, 15) is 4.57 Å². The van der Waals surface area contributed by atoms with Gasteiger partial charge in [-0.05, 0) is 42.7 Å². The van der Waals surface area contributed by atoms with Crippen LogP contribution in [-0.4, -0.2) is 10.3 Å². The van der Waals surface area contributed by atoms with Crippen molar-refractivity contribution in [2.45, 2.75) is 46.1 Å². The normalized spacial score (nSPS) is 29.3. The first-order valence-corrected chi connectivity index (χ1v) is 11.2. The Morgan fingerprint density at radius 2 is 1.95 bits per heavy atom. The summed E-state index contributed by atoms with van der Waals surface area (Å²) in [6.45, 7) is 6.80. The molecule has 0 saturated heterocycles. The maximum absolute atomic E-state index is 13.3. The lowest BCUT2D eigenvalue weighted by Gasteiger charge is -2.38. The minimum absolute atomic E-state index is 0.134. The zero-order chi connectivity index (χ0) is 15.5. The number of hydrogen-bond acceptors (Lipinski definition) is 2. The van der Waals surface area contributed by atoms with Crippen molar-refractivity contribution >= 4 is 35.3 Å². The summed E-state index contributed by atoms with van der Waals surface area (Å²) in [6, 6.07) is 9.73. The minimum Gasteiger partial charge on any atom is -0.321 e. The van der Waals surface area contributed by atoms with Crippen LogP contribution >= 0.6 is 30.0 Å². The third kappa shape index (κ3) is 4.33. The van der Waals surface area contributed by atoms with Gasteiger partial charge < -0.3 is 4.52 Å². The van der Waals surface area contributed by atoms with E-state index in [0.717, 1.165) is 11.7 Å². The Balaban J connectivity index is 2.21. The van der Waals surface area contributed by atoms with Crippen LogP contribution in [0.25, 0.3) is 0 Å². The highest BCUT2D eigenvalue weighted by molar-refractivity contribution is 14.1. The largest absolute Gasteiger partial charge is 0.321 e. The zero-order valence-electron chi connectivity index (χ0n) is 13.2. The first-order chi connectivity index (χ1) is 9.96. The van der Waals surface area contributed by atoms with Crippen LogP contribution in [0.3, 0.4) is 0 Å². The third-order valence-electron chi connectivity index (χ3n) is 4.57. The van der Waals surface area contributed by atoms with Crippen LogP contribution in [0, 0.1) is 17.8 Å². The molecular formula is C17H26IO2P. The Bertz CT molecular complexity index is 489. The quantitative estimate of drug-likeness (QED) is 0.359. The van der Waals surface area contributed by atoms with Gasteiger partial charge in [-0.1, -0.05) is 68.0 Å². The summed E-state index contributed by atoms with van der Waals surface area (Å²) in [5.74, 6) is 1.78. The molecule has 0 N–H and O–H groups in total. The molecule has 2 rings (SSSR count). The molecule has 4 heteroatoms. The van der Waals surface area contributed by atoms with Crippen molar-refractivity contribution in [3.8, 4) is 0 Å². The maximum Gasteiger partial charge on any atom is 0.241 e. The van der Waals surface area contributed by atoms with Gasteiger partial charge in [0.15, 0.2) is 0 Å². The van der Waals surface area contributed by atoms with E-state index >= 15 is 0 Å². The first kappa shape index (κ1) is 17.5. The number of rotatable bonds is 5. The fraction of sp³-hybridized carbons (Fsp3) is 0.647. The first-order valence-electron chi connectivity index (χ1n) is 7.85. The molecule has 1 aromatic carbocycles. The van der Waals surface area contributed by atoms with Gasteiger partial charge in [0.05, 0.1) is 10.3 Å². The fourth-order valence-electron chi connectivity index (χ4n) is 3.27. The van der Waals surface area contributed by atoms with Crippen molar-refractivity contribution in [2.24, 2.45) is 17.8 Å². The van der Waals surface area contributed by atoms with E-state index in [2.05, 4.69) is 43.4 Å². The molecule has 0 amide bonds. The van der Waals surface area contributed by atoms with Crippen LogP contribution in [0.4, 0.5) is 0 Å². The van der Waals surface area contributed by atoms with Crippen molar-refractivity contribution in [2.75, 3.05) is 4.17 Å². The Hall–Kier alpha value is 0.140. The van der Waals surface area contributed by atoms with Gasteiger partial charge in [0.1, 0.15) is 0 Å². The molecule has 0 aromatic heterocycles. The lowest BCUT2D eigenvalue weighted by Crippen LogP contribution is -2.34. The topological polar surface area (TPSA) is 26.3 Å². The highest BCUT2D eigenvalue weighted by atomic mass is 127. The minimum atomic E-state index is -2.74. The third-order valence-corrected chi connectivity index (χ3v) is 9.28. The molecular weight excluding hydrogens is 394 g/mol. The van der Waals surface area contributed by atoms with Crippen LogP contribution < -0.4 is 5.30 Å². The molecule has 0 radical (unpaired) electrons. The van der Waals surface area contributed by atoms with Gasteiger partial charge >= 0.3 is 0 Å². The SMILES string of the molecule is CC(C)[C@@H]1CC[C@@H](C)C[C@H]1O[P@](=O)(CI)c1ccccc1. The van der Waals surface area contributed by atoms with E-state index in [1.165, 1.54) is 12.8 Å². The summed E-state index contributed by atoms with van der Waals surface area (Å²) in [6.07, 6.45) is 3.63. The van der Waals surface area contributed by atoms with Gasteiger partial charge in [0.25, 0.3) is 0 Å². The van der Waals surface area contributed by atoms with E-state index < -0.39 is 7.37 Å². The van der Waals surface area contributed by atoms with Crippen molar-refractivity contribution in [1.29, 1.82) is 0 Å². The Morgan fingerprint density at radius 3 is 2.52 bits per heavy atom. The van der Waals surface area contributed by atoms with Gasteiger partial charge in [0, 0.05) is 5.30 Å². The predicted octanol–water partition coefficient (Wildman–Crippen LogP) is 5.46. The lowest BCUT2D eigenvalue weighted by molar-refractivity contribution is 0.0505. The van der Waals surface area contributed by atoms with Gasteiger partial charge in [-0.15, -0.1) is 0 Å². The monoisotopic (exact) mass is 420 g/mol. The van der Waals surface area contributed by atoms with Gasteiger partial charge in [-0.3, -0.25) is 4.57 Å². The molecule has 0 spiro atoms. The zero-order valence-corrected chi connectivity index (χ0v) is 16.2. The predicted molar refractivity (Wildman–Crippen MR) is 98.8 cm³/mol. The summed E-state index contributed by atoms with van der Waals surface area (Å²) >= 11 is 2.21. The van der Waals surface area contributed by atoms with Crippen molar-refractivity contribution in [1.82, 2.24) is 0 Å². The molecule has 0 aliphatic heterocycles. The van der Waals surface area contributed by atoms with Crippen LogP contribution in [0.15, 0.2) is 30.3 Å². The van der Waals surface area contributed by atoms with E-state index in [1.54, 1.807) is 0 Å². The molecule has 21 heavy (non-hydrogen) atoms. The summed E-state index contributed by atoms with van der Waals surface area (Å²) in [7, 11) is -2.74. The van der Waals surface area contributed by atoms with Gasteiger partial charge in [0.2, 0.25) is 7.37 Å². The fourth-order valence-corrected chi connectivity index (χ4v) is 6.55. The number of hydrogen-bond donors (Lipinski definition) is 0. The summed E-state index contributed by atoms with van der Waals surface area (Å²) in [4.78, 5) is 0. The Kier molecular flexibility index (Phi) is 6.34. The molecule has 1 fully saturated rings. The van der Waals surface area contributed by atoms with Crippen LogP contribution in [0.5, 0.6) is 0 Å². The number of alkyl halides is 1. The molecule has 1 aliphatic carbocycles. The second-order valence-corrected chi connectivity index (χ2v) is 11.0. The molecule has 118 valence electrons. The molecule has 1 saturated carbocycles. The lowest BCUT2D eigenvalue weighted by atomic mass is 9.75. The van der Waals surface area contributed by atoms with Crippen molar-refractivity contribution in [3.05, 3.63) is 30.3 Å². The Labute approximate surface area is 142 Å². The Morgan fingerprint density at radius 1 is 1.29 bits per heavy atom. The molecule has 0 bridgehead atoms. The maximum atomic E-state index is 13.3. The van der Waals surface area contributed by atoms with E-state index in [-0.39, 0.29) is 6.10 Å². The average Bonchev–Trinajstić information content (AvgIpc) is 2.47. The van der Waals surface area contributed by atoms with Crippen LogP contribution in [-0.2, 0) is 9.09 Å². The van der Waals surface area contributed by atoms with E-state index in [0.29, 0.717) is 21.9 Å². The van der Waals surface area contributed by atoms with Crippen LogP contribution in [0.1, 0.15) is 40.0 Å². The van der Waals surface area contributed by atoms with Crippen LogP contribution in [0.2, 0.25) is 0 Å². The molecule has 0 unspecified atom stereocenters. The van der Waals surface area contributed by atoms with Gasteiger partial charge in [-0.2, -0.15) is 0 Å². The van der Waals surface area contributed by atoms with Crippen molar-refractivity contribution in [3.63, 3.8) is 0 Å². The highest BCUT2D eigenvalue weighted by Gasteiger charge is 2.37.